The minimum Gasteiger partial charge on any atom is -0.322 e. The van der Waals surface area contributed by atoms with Crippen LogP contribution < -0.4 is 9.62 Å². The zero-order valence-corrected chi connectivity index (χ0v) is 17.4. The van der Waals surface area contributed by atoms with Gasteiger partial charge in [-0.1, -0.05) is 47.5 Å². The van der Waals surface area contributed by atoms with Crippen molar-refractivity contribution in [2.45, 2.75) is 0 Å². The monoisotopic (exact) mass is 461 g/mol. The number of anilines is 3. The normalized spacial score (nSPS) is 12.0. The van der Waals surface area contributed by atoms with Crippen molar-refractivity contribution in [3.8, 4) is 0 Å². The molecule has 8 nitrogen and oxygen atoms in total. The number of halogens is 2. The van der Waals surface area contributed by atoms with Gasteiger partial charge in [-0.05, 0) is 24.3 Å². The van der Waals surface area contributed by atoms with E-state index in [1.807, 2.05) is 6.07 Å². The van der Waals surface area contributed by atoms with Crippen LogP contribution in [0.3, 0.4) is 0 Å². The molecule has 1 unspecified atom stereocenters. The third-order valence-corrected chi connectivity index (χ3v) is 5.65. The fourth-order valence-electron chi connectivity index (χ4n) is 2.79. The molecule has 30 heavy (non-hydrogen) atoms. The van der Waals surface area contributed by atoms with Crippen molar-refractivity contribution in [3.05, 3.63) is 82.6 Å². The second-order valence-corrected chi connectivity index (χ2v) is 7.64. The summed E-state index contributed by atoms with van der Waals surface area (Å²) in [5.41, 5.74) is 1.20. The molecule has 0 spiro atoms. The Morgan fingerprint density at radius 1 is 1.10 bits per heavy atom. The number of amides is 1. The summed E-state index contributed by atoms with van der Waals surface area (Å²) in [6, 6.07) is 15.1. The Kier molecular flexibility index (Phi) is 5.69. The minimum absolute atomic E-state index is 0.0850. The van der Waals surface area contributed by atoms with Gasteiger partial charge in [0, 0.05) is 18.0 Å². The van der Waals surface area contributed by atoms with Crippen LogP contribution in [0.15, 0.2) is 67.0 Å². The van der Waals surface area contributed by atoms with E-state index in [0.29, 0.717) is 5.69 Å². The van der Waals surface area contributed by atoms with Gasteiger partial charge in [-0.2, -0.15) is 5.10 Å². The van der Waals surface area contributed by atoms with Crippen LogP contribution in [0.25, 0.3) is 5.65 Å². The van der Waals surface area contributed by atoms with Crippen molar-refractivity contribution < 1.29 is 13.6 Å². The van der Waals surface area contributed by atoms with Gasteiger partial charge in [-0.15, -0.1) is 0 Å². The third-order valence-electron chi connectivity index (χ3n) is 4.14. The van der Waals surface area contributed by atoms with Crippen LogP contribution in [0.2, 0.25) is 10.0 Å². The van der Waals surface area contributed by atoms with Gasteiger partial charge in [0.15, 0.2) is 11.5 Å². The Morgan fingerprint density at radius 3 is 2.60 bits per heavy atom. The molecule has 0 saturated carbocycles. The van der Waals surface area contributed by atoms with Crippen LogP contribution in [0.4, 0.5) is 17.2 Å². The van der Waals surface area contributed by atoms with E-state index in [1.54, 1.807) is 36.4 Å². The molecule has 4 aromatic rings. The number of carbonyl (C=O) groups is 1. The van der Waals surface area contributed by atoms with Crippen molar-refractivity contribution in [2.75, 3.05) is 9.62 Å². The van der Waals surface area contributed by atoms with E-state index in [2.05, 4.69) is 15.4 Å². The summed E-state index contributed by atoms with van der Waals surface area (Å²) in [5.74, 6) is -0.333. The first-order chi connectivity index (χ1) is 14.5. The van der Waals surface area contributed by atoms with Gasteiger partial charge in [0.05, 0.1) is 21.9 Å². The summed E-state index contributed by atoms with van der Waals surface area (Å²) < 4.78 is 24.4. The molecular weight excluding hydrogens is 449 g/mol. The van der Waals surface area contributed by atoms with Crippen molar-refractivity contribution in [2.24, 2.45) is 0 Å². The average molecular weight is 462 g/mol. The molecule has 2 N–H and O–H groups in total. The lowest BCUT2D eigenvalue weighted by Crippen LogP contribution is -2.21. The molecular formula is C19H13Cl2N5O3S. The summed E-state index contributed by atoms with van der Waals surface area (Å²) >= 11 is 9.76. The molecule has 0 fully saturated rings. The summed E-state index contributed by atoms with van der Waals surface area (Å²) in [6.07, 6.45) is 2.90. The fourth-order valence-corrected chi connectivity index (χ4v) is 3.80. The lowest BCUT2D eigenvalue weighted by atomic mass is 10.2. The number of hydrogen-bond donors (Lipinski definition) is 2. The molecule has 0 aliphatic carbocycles. The number of para-hydroxylation sites is 1. The Hall–Kier alpha value is -2.98. The SMILES string of the molecule is O=C(Nc1ccccc1)c1cnn2ccc(N(c3cccc(Cl)c3Cl)S(=O)O)nc12. The minimum atomic E-state index is -2.51. The molecule has 2 aromatic heterocycles. The summed E-state index contributed by atoms with van der Waals surface area (Å²) in [5, 5.41) is 7.20. The maximum atomic E-state index is 12.7. The maximum absolute atomic E-state index is 12.7. The van der Waals surface area contributed by atoms with Crippen molar-refractivity contribution in [1.29, 1.82) is 0 Å². The van der Waals surface area contributed by atoms with Crippen molar-refractivity contribution >= 4 is 63.2 Å². The first-order valence-electron chi connectivity index (χ1n) is 8.51. The van der Waals surface area contributed by atoms with Crippen molar-refractivity contribution in [1.82, 2.24) is 14.6 Å². The molecule has 1 amide bonds. The smallest absolute Gasteiger partial charge is 0.267 e. The van der Waals surface area contributed by atoms with E-state index in [9.17, 15) is 13.6 Å². The molecule has 4 rings (SSSR count). The molecule has 0 aliphatic heterocycles. The zero-order chi connectivity index (χ0) is 21.3. The summed E-state index contributed by atoms with van der Waals surface area (Å²) in [4.78, 5) is 17.1. The van der Waals surface area contributed by atoms with Crippen LogP contribution in [-0.4, -0.2) is 29.3 Å². The quantitative estimate of drug-likeness (QED) is 0.424. The fraction of sp³-hybridized carbons (Fsp3) is 0. The number of hydrogen-bond acceptors (Lipinski definition) is 4. The van der Waals surface area contributed by atoms with Crippen molar-refractivity contribution in [3.63, 3.8) is 0 Å². The van der Waals surface area contributed by atoms with E-state index in [0.717, 1.165) is 4.31 Å². The lowest BCUT2D eigenvalue weighted by molar-refractivity contribution is 0.102. The first kappa shape index (κ1) is 20.3. The van der Waals surface area contributed by atoms with Crippen LogP contribution in [0.1, 0.15) is 10.4 Å². The second kappa shape index (κ2) is 8.41. The Bertz CT molecular complexity index is 1270. The average Bonchev–Trinajstić information content (AvgIpc) is 3.15. The lowest BCUT2D eigenvalue weighted by Gasteiger charge is -2.20. The van der Waals surface area contributed by atoms with Gasteiger partial charge in [0.2, 0.25) is 0 Å². The van der Waals surface area contributed by atoms with Gasteiger partial charge >= 0.3 is 0 Å². The van der Waals surface area contributed by atoms with Crippen LogP contribution in [0, 0.1) is 0 Å². The molecule has 2 aromatic carbocycles. The highest BCUT2D eigenvalue weighted by molar-refractivity contribution is 7.81. The standard InChI is InChI=1S/C19H13Cl2N5O3S/c20-14-7-4-8-15(17(14)21)26(30(28)29)16-9-10-25-18(24-16)13(11-22-25)19(27)23-12-5-2-1-3-6-12/h1-11H,(H,23,27)(H,28,29). The highest BCUT2D eigenvalue weighted by Crippen LogP contribution is 2.36. The van der Waals surface area contributed by atoms with Gasteiger partial charge < -0.3 is 5.32 Å². The molecule has 0 saturated heterocycles. The topological polar surface area (TPSA) is 99.8 Å². The Morgan fingerprint density at radius 2 is 1.87 bits per heavy atom. The molecule has 1 atom stereocenters. The number of benzene rings is 2. The first-order valence-corrected chi connectivity index (χ1v) is 10.3. The van der Waals surface area contributed by atoms with Gasteiger partial charge in [-0.3, -0.25) is 9.35 Å². The van der Waals surface area contributed by atoms with Crippen LogP contribution >= 0.6 is 23.2 Å². The number of nitrogens with one attached hydrogen (secondary N) is 1. The Labute approximate surface area is 183 Å². The molecule has 11 heteroatoms. The largest absolute Gasteiger partial charge is 0.322 e. The predicted molar refractivity (Wildman–Crippen MR) is 117 cm³/mol. The van der Waals surface area contributed by atoms with Gasteiger partial charge in [0.25, 0.3) is 17.2 Å². The number of nitrogens with zero attached hydrogens (tertiary/aromatic N) is 4. The van der Waals surface area contributed by atoms with Crippen LogP contribution in [-0.2, 0) is 11.3 Å². The molecule has 0 bridgehead atoms. The predicted octanol–water partition coefficient (Wildman–Crippen LogP) is 4.56. The molecule has 0 radical (unpaired) electrons. The second-order valence-electron chi connectivity index (χ2n) is 6.03. The number of rotatable bonds is 5. The van der Waals surface area contributed by atoms with E-state index < -0.39 is 17.2 Å². The number of aromatic nitrogens is 3. The van der Waals surface area contributed by atoms with Gasteiger partial charge in [-0.25, -0.2) is 18.0 Å². The Balaban J connectivity index is 1.77. The zero-order valence-electron chi connectivity index (χ0n) is 15.1. The highest BCUT2D eigenvalue weighted by atomic mass is 35.5. The molecule has 152 valence electrons. The van der Waals surface area contributed by atoms with Crippen LogP contribution in [0.5, 0.6) is 0 Å². The molecule has 2 heterocycles. The van der Waals surface area contributed by atoms with E-state index >= 15 is 0 Å². The summed E-state index contributed by atoms with van der Waals surface area (Å²) in [7, 11) is 0. The van der Waals surface area contributed by atoms with Gasteiger partial charge in [0.1, 0.15) is 5.56 Å². The van der Waals surface area contributed by atoms with E-state index in [4.69, 9.17) is 23.2 Å². The number of carbonyl (C=O) groups excluding carboxylic acids is 1. The summed E-state index contributed by atoms with van der Waals surface area (Å²) in [6.45, 7) is 0. The number of fused-ring (bicyclic) bond motifs is 1. The highest BCUT2D eigenvalue weighted by Gasteiger charge is 2.23. The molecule has 0 aliphatic rings. The van der Waals surface area contributed by atoms with E-state index in [-0.39, 0.29) is 32.8 Å². The van der Waals surface area contributed by atoms with E-state index in [1.165, 1.54) is 29.0 Å². The third kappa shape index (κ3) is 3.88. The maximum Gasteiger partial charge on any atom is 0.267 e.